The summed E-state index contributed by atoms with van der Waals surface area (Å²) in [4.78, 5) is 25.2. The summed E-state index contributed by atoms with van der Waals surface area (Å²) in [6.45, 7) is 3.77. The molecule has 0 saturated carbocycles. The molecule has 0 unspecified atom stereocenters. The number of H-pyrrole nitrogens is 4. The Morgan fingerprint density at radius 1 is 0.844 bits per heavy atom. The van der Waals surface area contributed by atoms with Gasteiger partial charge in [-0.2, -0.15) is 0 Å². The molecule has 0 amide bonds. The lowest BCUT2D eigenvalue weighted by Gasteiger charge is -2.18. The lowest BCUT2D eigenvalue weighted by Crippen LogP contribution is -2.20. The van der Waals surface area contributed by atoms with Gasteiger partial charge in [0.1, 0.15) is 12.4 Å². The molecule has 0 radical (unpaired) electrons. The molecule has 0 aliphatic carbocycles. The molecule has 9 heteroatoms. The van der Waals surface area contributed by atoms with Crippen molar-refractivity contribution in [2.75, 3.05) is 7.11 Å². The van der Waals surface area contributed by atoms with Gasteiger partial charge in [0.2, 0.25) is 0 Å². The van der Waals surface area contributed by atoms with E-state index in [-0.39, 0.29) is 23.5 Å². The van der Waals surface area contributed by atoms with Gasteiger partial charge in [-0.3, -0.25) is 19.8 Å². The average molecular weight is 438 g/mol. The summed E-state index contributed by atoms with van der Waals surface area (Å²) in [7, 11) is 1.52. The predicted molar refractivity (Wildman–Crippen MR) is 117 cm³/mol. The maximum atomic E-state index is 13.1. The van der Waals surface area contributed by atoms with Crippen molar-refractivity contribution < 1.29 is 13.9 Å². The first-order valence-corrected chi connectivity index (χ1v) is 9.98. The zero-order chi connectivity index (χ0) is 22.8. The van der Waals surface area contributed by atoms with E-state index in [9.17, 15) is 14.0 Å². The fraction of sp³-hybridized carbons (Fsp3) is 0.217. The molecule has 166 valence electrons. The van der Waals surface area contributed by atoms with Crippen molar-refractivity contribution in [3.05, 3.63) is 103 Å². The van der Waals surface area contributed by atoms with Crippen molar-refractivity contribution >= 4 is 0 Å². The van der Waals surface area contributed by atoms with E-state index in [1.807, 2.05) is 0 Å². The van der Waals surface area contributed by atoms with Crippen LogP contribution in [0.5, 0.6) is 11.5 Å². The molecule has 0 atom stereocenters. The van der Waals surface area contributed by atoms with Gasteiger partial charge in [0, 0.05) is 17.3 Å². The number of nitrogens with one attached hydrogen (secondary N) is 4. The molecular weight excluding hydrogens is 415 g/mol. The first kappa shape index (κ1) is 21.2. The number of aryl methyl sites for hydroxylation is 2. The summed E-state index contributed by atoms with van der Waals surface area (Å²) in [5.74, 6) is -0.00517. The molecule has 4 rings (SSSR count). The Bertz CT molecular complexity index is 1290. The third-order valence-corrected chi connectivity index (χ3v) is 5.43. The van der Waals surface area contributed by atoms with Gasteiger partial charge in [-0.15, -0.1) is 0 Å². The second-order valence-electron chi connectivity index (χ2n) is 7.49. The molecule has 4 N–H and O–H groups in total. The molecule has 2 heterocycles. The van der Waals surface area contributed by atoms with Crippen LogP contribution in [0.25, 0.3) is 0 Å². The van der Waals surface area contributed by atoms with Crippen LogP contribution in [0, 0.1) is 19.7 Å². The number of hydrogen-bond acceptors (Lipinski definition) is 4. The Labute approximate surface area is 182 Å². The number of benzene rings is 2. The molecule has 0 fully saturated rings. The second kappa shape index (κ2) is 8.62. The van der Waals surface area contributed by atoms with Crippen LogP contribution >= 0.6 is 0 Å². The highest BCUT2D eigenvalue weighted by Gasteiger charge is 2.28. The van der Waals surface area contributed by atoms with E-state index in [1.54, 1.807) is 44.2 Å². The molecule has 0 aliphatic rings. The zero-order valence-electron chi connectivity index (χ0n) is 17.8. The number of halogens is 1. The van der Waals surface area contributed by atoms with Crippen molar-refractivity contribution in [2.24, 2.45) is 0 Å². The fourth-order valence-corrected chi connectivity index (χ4v) is 3.81. The van der Waals surface area contributed by atoms with E-state index in [2.05, 4.69) is 20.4 Å². The van der Waals surface area contributed by atoms with Gasteiger partial charge in [0.25, 0.3) is 11.1 Å². The van der Waals surface area contributed by atoms with Crippen molar-refractivity contribution in [1.29, 1.82) is 0 Å². The van der Waals surface area contributed by atoms with E-state index in [0.717, 1.165) is 5.56 Å². The highest BCUT2D eigenvalue weighted by atomic mass is 19.1. The van der Waals surface area contributed by atoms with Gasteiger partial charge < -0.3 is 19.7 Å². The third-order valence-electron chi connectivity index (χ3n) is 5.43. The molecule has 32 heavy (non-hydrogen) atoms. The van der Waals surface area contributed by atoms with Crippen molar-refractivity contribution in [1.82, 2.24) is 20.4 Å². The van der Waals surface area contributed by atoms with Crippen LogP contribution in [0.4, 0.5) is 4.39 Å². The van der Waals surface area contributed by atoms with Crippen LogP contribution < -0.4 is 20.6 Å². The molecule has 4 aromatic rings. The molecule has 2 aromatic carbocycles. The number of hydrogen-bond donors (Lipinski definition) is 4. The van der Waals surface area contributed by atoms with E-state index in [0.29, 0.717) is 39.6 Å². The Morgan fingerprint density at radius 2 is 1.44 bits per heavy atom. The molecule has 0 spiro atoms. The first-order chi connectivity index (χ1) is 15.4. The maximum absolute atomic E-state index is 13.1. The summed E-state index contributed by atoms with van der Waals surface area (Å²) in [5.41, 5.74) is 3.05. The smallest absolute Gasteiger partial charge is 0.268 e. The minimum absolute atomic E-state index is 0.229. The van der Waals surface area contributed by atoms with Gasteiger partial charge in [-0.05, 0) is 49.2 Å². The highest BCUT2D eigenvalue weighted by molar-refractivity contribution is 5.51. The summed E-state index contributed by atoms with van der Waals surface area (Å²) < 4.78 is 24.5. The molecular formula is C23H23FN4O4. The molecule has 2 aromatic heterocycles. The van der Waals surface area contributed by atoms with Crippen LogP contribution in [0.3, 0.4) is 0 Å². The second-order valence-corrected chi connectivity index (χ2v) is 7.49. The van der Waals surface area contributed by atoms with E-state index in [4.69, 9.17) is 9.47 Å². The lowest BCUT2D eigenvalue weighted by atomic mass is 9.85. The van der Waals surface area contributed by atoms with E-state index < -0.39 is 5.92 Å². The first-order valence-electron chi connectivity index (χ1n) is 9.98. The molecule has 0 aliphatic heterocycles. The standard InChI is InChI=1S/C23H23FN4O4/c1-12-19(22(29)27-25-12)21(20-13(2)26-28-23(20)30)15-6-9-17(18(10-15)31-3)32-11-14-4-7-16(24)8-5-14/h4-10,21H,11H2,1-3H3,(H2,25,27,29)(H2,26,28,30). The Kier molecular flexibility index (Phi) is 5.72. The van der Waals surface area contributed by atoms with Crippen LogP contribution in [0.2, 0.25) is 0 Å². The van der Waals surface area contributed by atoms with Crippen LogP contribution in [-0.2, 0) is 6.61 Å². The normalized spacial score (nSPS) is 11.2. The number of aromatic amines is 4. The Balaban J connectivity index is 1.74. The molecule has 8 nitrogen and oxygen atoms in total. The maximum Gasteiger partial charge on any atom is 0.268 e. The average Bonchev–Trinajstić information content (AvgIpc) is 3.30. The lowest BCUT2D eigenvalue weighted by molar-refractivity contribution is 0.284. The minimum Gasteiger partial charge on any atom is -0.493 e. The predicted octanol–water partition coefficient (Wildman–Crippen LogP) is 3.24. The molecule has 0 bridgehead atoms. The minimum atomic E-state index is -0.625. The number of methoxy groups -OCH3 is 1. The van der Waals surface area contributed by atoms with Crippen molar-refractivity contribution in [2.45, 2.75) is 26.4 Å². The number of ether oxygens (including phenoxy) is 2. The summed E-state index contributed by atoms with van der Waals surface area (Å²) in [6.07, 6.45) is 0. The van der Waals surface area contributed by atoms with E-state index >= 15 is 0 Å². The molecule has 0 saturated heterocycles. The van der Waals surface area contributed by atoms with Gasteiger partial charge in [0.05, 0.1) is 18.2 Å². The van der Waals surface area contributed by atoms with Gasteiger partial charge in [-0.25, -0.2) is 4.39 Å². The fourth-order valence-electron chi connectivity index (χ4n) is 3.81. The van der Waals surface area contributed by atoms with Gasteiger partial charge >= 0.3 is 0 Å². The van der Waals surface area contributed by atoms with Crippen molar-refractivity contribution in [3.63, 3.8) is 0 Å². The number of aromatic nitrogens is 4. The monoisotopic (exact) mass is 438 g/mol. The van der Waals surface area contributed by atoms with Crippen LogP contribution in [-0.4, -0.2) is 27.5 Å². The summed E-state index contributed by atoms with van der Waals surface area (Å²) in [5, 5.41) is 10.8. The number of rotatable bonds is 7. The SMILES string of the molecule is COc1cc(C(c2c(C)[nH][nH]c2=O)c2c(C)[nH][nH]c2=O)ccc1OCc1ccc(F)cc1. The Morgan fingerprint density at radius 3 is 1.94 bits per heavy atom. The van der Waals surface area contributed by atoms with E-state index in [1.165, 1.54) is 19.2 Å². The zero-order valence-corrected chi connectivity index (χ0v) is 17.8. The quantitative estimate of drug-likeness (QED) is 0.354. The Hall–Kier alpha value is -4.01. The summed E-state index contributed by atoms with van der Waals surface area (Å²) in [6, 6.07) is 11.3. The summed E-state index contributed by atoms with van der Waals surface area (Å²) >= 11 is 0. The van der Waals surface area contributed by atoms with Crippen molar-refractivity contribution in [3.8, 4) is 11.5 Å². The van der Waals surface area contributed by atoms with Crippen LogP contribution in [0.15, 0.2) is 52.1 Å². The van der Waals surface area contributed by atoms with Gasteiger partial charge in [0.15, 0.2) is 11.5 Å². The third kappa shape index (κ3) is 3.96. The van der Waals surface area contributed by atoms with Crippen LogP contribution in [0.1, 0.15) is 39.6 Å². The highest BCUT2D eigenvalue weighted by Crippen LogP contribution is 2.36. The topological polar surface area (TPSA) is 116 Å². The largest absolute Gasteiger partial charge is 0.493 e. The van der Waals surface area contributed by atoms with Gasteiger partial charge in [-0.1, -0.05) is 18.2 Å².